The summed E-state index contributed by atoms with van der Waals surface area (Å²) >= 11 is 0. The lowest BCUT2D eigenvalue weighted by Gasteiger charge is -2.23. The molecule has 0 unspecified atom stereocenters. The van der Waals surface area contributed by atoms with Crippen LogP contribution in [-0.4, -0.2) is 68.6 Å². The second kappa shape index (κ2) is 10.5. The van der Waals surface area contributed by atoms with Gasteiger partial charge in [0.2, 0.25) is 0 Å². The summed E-state index contributed by atoms with van der Waals surface area (Å²) in [4.78, 5) is 68.2. The van der Waals surface area contributed by atoms with Gasteiger partial charge in [0.05, 0.1) is 31.2 Å². The quantitative estimate of drug-likeness (QED) is 0.225. The van der Waals surface area contributed by atoms with E-state index in [4.69, 9.17) is 13.7 Å². The number of aromatic nitrogens is 2. The first-order valence-corrected chi connectivity index (χ1v) is 10.8. The Bertz CT molecular complexity index is 1350. The van der Waals surface area contributed by atoms with Gasteiger partial charge in [-0.25, -0.2) is 4.98 Å². The van der Waals surface area contributed by atoms with Crippen LogP contribution >= 0.6 is 0 Å². The number of hydrogen-bond acceptors (Lipinski definition) is 10. The molecule has 4 N–H and O–H groups in total. The lowest BCUT2D eigenvalue weighted by Crippen LogP contribution is -2.52. The zero-order chi connectivity index (χ0) is 26.6. The van der Waals surface area contributed by atoms with Crippen LogP contribution in [0.4, 0.5) is 5.82 Å². The van der Waals surface area contributed by atoms with Gasteiger partial charge >= 0.3 is 36.8 Å². The predicted molar refractivity (Wildman–Crippen MR) is 123 cm³/mol. The van der Waals surface area contributed by atoms with Crippen molar-refractivity contribution in [1.82, 2.24) is 15.3 Å². The van der Waals surface area contributed by atoms with E-state index >= 15 is 0 Å². The van der Waals surface area contributed by atoms with Gasteiger partial charge in [0.25, 0.3) is 0 Å². The Hall–Kier alpha value is -4.79. The maximum absolute atomic E-state index is 12.7. The molecule has 1 fully saturated rings. The Morgan fingerprint density at radius 3 is 2.46 bits per heavy atom. The minimum atomic E-state index is -2.33. The molecule has 2 amide bonds. The van der Waals surface area contributed by atoms with E-state index < -0.39 is 61.2 Å². The molecule has 1 aliphatic rings. The number of benzene rings is 1. The van der Waals surface area contributed by atoms with Crippen molar-refractivity contribution in [3.63, 3.8) is 0 Å². The van der Waals surface area contributed by atoms with Crippen LogP contribution in [0.25, 0.3) is 11.0 Å². The fourth-order valence-electron chi connectivity index (χ4n) is 3.86. The molecule has 0 saturated carbocycles. The average molecular weight is 510 g/mol. The summed E-state index contributed by atoms with van der Waals surface area (Å²) < 4.78 is 16.3. The topological polar surface area (TPSA) is 207 Å². The van der Waals surface area contributed by atoms with Gasteiger partial charge in [-0.2, -0.15) is 0 Å². The van der Waals surface area contributed by atoms with Crippen molar-refractivity contribution < 1.29 is 47.9 Å². The van der Waals surface area contributed by atoms with Crippen LogP contribution in [0.3, 0.4) is 0 Å². The number of nitrogens with zero attached hydrogens (tertiary/aromatic N) is 2. The summed E-state index contributed by atoms with van der Waals surface area (Å²) in [5.74, 6) is -7.72. The maximum Gasteiger partial charge on any atom is 0.552 e. The smallest absolute Gasteiger partial charge is 0.506 e. The second-order valence-corrected chi connectivity index (χ2v) is 8.11. The van der Waals surface area contributed by atoms with Crippen LogP contribution in [0.5, 0.6) is 0 Å². The Morgan fingerprint density at radius 2 is 1.78 bits per heavy atom. The largest absolute Gasteiger partial charge is 0.552 e. The van der Waals surface area contributed by atoms with E-state index in [-0.39, 0.29) is 12.2 Å². The molecule has 4 rings (SSSR count). The highest BCUT2D eigenvalue weighted by Gasteiger charge is 2.58. The molecule has 37 heavy (non-hydrogen) atoms. The molecule has 15 heteroatoms. The van der Waals surface area contributed by atoms with Gasteiger partial charge in [-0.1, -0.05) is 18.2 Å². The van der Waals surface area contributed by atoms with Crippen LogP contribution < -0.4 is 10.6 Å². The van der Waals surface area contributed by atoms with Crippen LogP contribution in [-0.2, 0) is 39.7 Å². The van der Waals surface area contributed by atoms with Gasteiger partial charge in [-0.15, -0.1) is 0 Å². The third-order valence-electron chi connectivity index (χ3n) is 5.47. The zero-order valence-corrected chi connectivity index (χ0v) is 18.9. The maximum atomic E-state index is 12.7. The Labute approximate surface area is 208 Å². The van der Waals surface area contributed by atoms with Crippen molar-refractivity contribution in [3.05, 3.63) is 54.7 Å². The minimum absolute atomic E-state index is 0.00510. The number of hydrogen-bond donors (Lipinski definition) is 4. The van der Waals surface area contributed by atoms with Gasteiger partial charge in [-0.3, -0.25) is 29.0 Å². The number of anilines is 1. The molecule has 14 nitrogen and oxygen atoms in total. The molecular formula is C22H19BN4O10. The molecular weight excluding hydrogens is 491 g/mol. The fourth-order valence-corrected chi connectivity index (χ4v) is 3.86. The van der Waals surface area contributed by atoms with Crippen LogP contribution in [0.2, 0.25) is 0 Å². The lowest BCUT2D eigenvalue weighted by molar-refractivity contribution is -0.157. The predicted octanol–water partition coefficient (Wildman–Crippen LogP) is 0.178. The molecule has 3 heterocycles. The number of carbonyl (C=O) groups excluding carboxylic acids is 3. The van der Waals surface area contributed by atoms with Gasteiger partial charge < -0.3 is 34.6 Å². The fraction of sp³-hybridized carbons (Fsp3) is 0.227. The summed E-state index contributed by atoms with van der Waals surface area (Å²) in [7, 11) is -1.62. The number of para-hydroxylation sites is 1. The van der Waals surface area contributed by atoms with E-state index in [2.05, 4.69) is 20.6 Å². The first kappa shape index (κ1) is 25.3. The number of carbonyl (C=O) groups is 5. The van der Waals surface area contributed by atoms with E-state index in [9.17, 15) is 34.2 Å². The van der Waals surface area contributed by atoms with Crippen molar-refractivity contribution in [3.8, 4) is 0 Å². The number of aliphatic carboxylic acids is 2. The number of carboxylic acids is 2. The molecule has 190 valence electrons. The SMILES string of the molecule is O=C(O)CC1(CC(=O)O)OB([C@H](Cc2coc3ccccc23)NC(=O)C(=O)Nc2cnccn2)OC1=O. The van der Waals surface area contributed by atoms with E-state index in [0.29, 0.717) is 16.5 Å². The summed E-state index contributed by atoms with van der Waals surface area (Å²) in [5, 5.41) is 23.8. The highest BCUT2D eigenvalue weighted by molar-refractivity contribution is 6.53. The standard InChI is InChI=1S/C22H19BN4O10/c28-17(29)8-22(9-18(30)31)21(34)36-23(37-22)15(7-12-11-35-14-4-2-1-3-13(12)14)26-19(32)20(33)27-16-10-24-5-6-25-16/h1-6,10-11,15H,7-9H2,(H,26,32)(H,28,29)(H,30,31)(H,25,27,33)/t15-/m0/s1. The van der Waals surface area contributed by atoms with E-state index in [0.717, 1.165) is 0 Å². The molecule has 0 bridgehead atoms. The highest BCUT2D eigenvalue weighted by Crippen LogP contribution is 2.33. The molecule has 0 aliphatic carbocycles. The molecule has 1 saturated heterocycles. The van der Waals surface area contributed by atoms with E-state index in [1.807, 2.05) is 0 Å². The van der Waals surface area contributed by atoms with Gasteiger partial charge in [0.1, 0.15) is 5.58 Å². The molecule has 2 aromatic heterocycles. The molecule has 0 radical (unpaired) electrons. The summed E-state index contributed by atoms with van der Waals surface area (Å²) in [6.07, 6.45) is 3.23. The van der Waals surface area contributed by atoms with Crippen LogP contribution in [0.1, 0.15) is 18.4 Å². The molecule has 1 aliphatic heterocycles. The molecule has 0 spiro atoms. The number of amides is 2. The van der Waals surface area contributed by atoms with E-state index in [1.54, 1.807) is 24.3 Å². The molecule has 1 atom stereocenters. The normalized spacial score (nSPS) is 15.1. The van der Waals surface area contributed by atoms with Crippen molar-refractivity contribution >= 4 is 53.6 Å². The third-order valence-corrected chi connectivity index (χ3v) is 5.47. The van der Waals surface area contributed by atoms with Crippen molar-refractivity contribution in [2.45, 2.75) is 30.8 Å². The van der Waals surface area contributed by atoms with Gasteiger partial charge in [0.15, 0.2) is 11.4 Å². The van der Waals surface area contributed by atoms with Crippen LogP contribution in [0.15, 0.2) is 53.5 Å². The van der Waals surface area contributed by atoms with Gasteiger partial charge in [0, 0.05) is 17.8 Å². The number of carboxylic acid groups (broad SMARTS) is 2. The second-order valence-electron chi connectivity index (χ2n) is 8.11. The minimum Gasteiger partial charge on any atom is -0.506 e. The summed E-state index contributed by atoms with van der Waals surface area (Å²) in [6.45, 7) is 0. The average Bonchev–Trinajstić information content (AvgIpc) is 3.39. The van der Waals surface area contributed by atoms with E-state index in [1.165, 1.54) is 24.9 Å². The highest BCUT2D eigenvalue weighted by atomic mass is 16.7. The Kier molecular flexibility index (Phi) is 7.15. The number of fused-ring (bicyclic) bond motifs is 1. The Balaban J connectivity index is 1.61. The van der Waals surface area contributed by atoms with Gasteiger partial charge in [-0.05, 0) is 18.1 Å². The number of rotatable bonds is 9. The van der Waals surface area contributed by atoms with Crippen molar-refractivity contribution in [1.29, 1.82) is 0 Å². The monoisotopic (exact) mass is 510 g/mol. The first-order chi connectivity index (χ1) is 17.7. The summed E-state index contributed by atoms with van der Waals surface area (Å²) in [6, 6.07) is 6.95. The third kappa shape index (κ3) is 5.73. The lowest BCUT2D eigenvalue weighted by atomic mass is 9.74. The number of nitrogens with one attached hydrogen (secondary N) is 2. The first-order valence-electron chi connectivity index (χ1n) is 10.8. The molecule has 3 aromatic rings. The molecule has 1 aromatic carbocycles. The van der Waals surface area contributed by atoms with Crippen molar-refractivity contribution in [2.75, 3.05) is 5.32 Å². The summed E-state index contributed by atoms with van der Waals surface area (Å²) in [5.41, 5.74) is -1.26. The Morgan fingerprint density at radius 1 is 1.05 bits per heavy atom. The zero-order valence-electron chi connectivity index (χ0n) is 18.9. The number of furan rings is 1. The van der Waals surface area contributed by atoms with Crippen LogP contribution in [0, 0.1) is 0 Å². The van der Waals surface area contributed by atoms with Crippen molar-refractivity contribution in [2.24, 2.45) is 0 Å².